The third-order valence-corrected chi connectivity index (χ3v) is 5.80. The Bertz CT molecular complexity index is 1180. The summed E-state index contributed by atoms with van der Waals surface area (Å²) in [5.41, 5.74) is 4.85. The van der Waals surface area contributed by atoms with Crippen molar-refractivity contribution in [2.24, 2.45) is 0 Å². The molecule has 9 heteroatoms. The average Bonchev–Trinajstić information content (AvgIpc) is 3.31. The minimum Gasteiger partial charge on any atom is -0.497 e. The summed E-state index contributed by atoms with van der Waals surface area (Å²) in [5, 5.41) is 15.6. The molecule has 0 atom stereocenters. The van der Waals surface area contributed by atoms with Gasteiger partial charge < -0.3 is 15.0 Å². The van der Waals surface area contributed by atoms with Crippen molar-refractivity contribution in [2.45, 2.75) is 6.92 Å². The molecule has 3 heterocycles. The number of aromatic nitrogens is 5. The van der Waals surface area contributed by atoms with Crippen LogP contribution in [0.3, 0.4) is 0 Å². The van der Waals surface area contributed by atoms with Crippen LogP contribution in [0.15, 0.2) is 42.5 Å². The topological polar surface area (TPSA) is 83.7 Å². The zero-order valence-corrected chi connectivity index (χ0v) is 17.8. The Morgan fingerprint density at radius 3 is 2.61 bits per heavy atom. The second-order valence-electron chi connectivity index (χ2n) is 7.82. The van der Waals surface area contributed by atoms with Gasteiger partial charge in [0.1, 0.15) is 5.75 Å². The zero-order chi connectivity index (χ0) is 21.2. The largest absolute Gasteiger partial charge is 0.497 e. The van der Waals surface area contributed by atoms with Crippen LogP contribution < -0.4 is 15.0 Å². The molecule has 0 radical (unpaired) electrons. The van der Waals surface area contributed by atoms with Crippen molar-refractivity contribution >= 4 is 28.2 Å². The molecule has 1 aliphatic rings. The predicted octanol–water partition coefficient (Wildman–Crippen LogP) is 2.22. The molecular weight excluding hydrogens is 392 g/mol. The molecule has 1 saturated heterocycles. The van der Waals surface area contributed by atoms with Gasteiger partial charge in [0.05, 0.1) is 18.1 Å². The predicted molar refractivity (Wildman–Crippen MR) is 121 cm³/mol. The SMILES string of the molecule is COc1ccc(N2CCN(CCNc3nc4ccc(C)cc4n4nnnc34)CC2)cc1. The van der Waals surface area contributed by atoms with Gasteiger partial charge in [-0.25, -0.2) is 4.98 Å². The van der Waals surface area contributed by atoms with Gasteiger partial charge in [-0.15, -0.1) is 5.10 Å². The first-order chi connectivity index (χ1) is 15.2. The third kappa shape index (κ3) is 3.96. The molecule has 0 aliphatic carbocycles. The number of rotatable bonds is 6. The molecule has 160 valence electrons. The number of tetrazole rings is 1. The number of nitrogens with zero attached hydrogens (tertiary/aromatic N) is 7. The first-order valence-corrected chi connectivity index (χ1v) is 10.5. The van der Waals surface area contributed by atoms with Crippen LogP contribution in [0.2, 0.25) is 0 Å². The Morgan fingerprint density at radius 2 is 1.84 bits per heavy atom. The average molecular weight is 419 g/mol. The maximum absolute atomic E-state index is 5.25. The number of hydrogen-bond acceptors (Lipinski definition) is 8. The van der Waals surface area contributed by atoms with Crippen LogP contribution in [0.25, 0.3) is 16.7 Å². The smallest absolute Gasteiger partial charge is 0.222 e. The second kappa shape index (κ2) is 8.35. The molecule has 0 bridgehead atoms. The monoisotopic (exact) mass is 418 g/mol. The summed E-state index contributed by atoms with van der Waals surface area (Å²) in [6.07, 6.45) is 0. The van der Waals surface area contributed by atoms with Gasteiger partial charge in [0.2, 0.25) is 5.65 Å². The van der Waals surface area contributed by atoms with Crippen LogP contribution >= 0.6 is 0 Å². The lowest BCUT2D eigenvalue weighted by Crippen LogP contribution is -2.47. The minimum atomic E-state index is 0.655. The van der Waals surface area contributed by atoms with E-state index in [-0.39, 0.29) is 0 Å². The van der Waals surface area contributed by atoms with E-state index in [0.29, 0.717) is 5.65 Å². The molecule has 2 aromatic heterocycles. The first-order valence-electron chi connectivity index (χ1n) is 10.5. The maximum Gasteiger partial charge on any atom is 0.222 e. The minimum absolute atomic E-state index is 0.655. The normalized spacial score (nSPS) is 15.0. The number of ether oxygens (including phenoxy) is 1. The van der Waals surface area contributed by atoms with Crippen molar-refractivity contribution in [2.75, 3.05) is 56.6 Å². The Kier molecular flexibility index (Phi) is 5.25. The molecule has 0 unspecified atom stereocenters. The zero-order valence-electron chi connectivity index (χ0n) is 17.8. The molecule has 0 amide bonds. The van der Waals surface area contributed by atoms with Crippen molar-refractivity contribution < 1.29 is 4.74 Å². The number of piperazine rings is 1. The van der Waals surface area contributed by atoms with Crippen LogP contribution in [0.1, 0.15) is 5.56 Å². The fraction of sp³-hybridized carbons (Fsp3) is 0.364. The summed E-state index contributed by atoms with van der Waals surface area (Å²) in [5.74, 6) is 1.61. The van der Waals surface area contributed by atoms with Crippen molar-refractivity contribution in [3.8, 4) is 5.75 Å². The lowest BCUT2D eigenvalue weighted by Gasteiger charge is -2.36. The molecule has 5 rings (SSSR count). The van der Waals surface area contributed by atoms with Crippen LogP contribution in [0.4, 0.5) is 11.5 Å². The van der Waals surface area contributed by atoms with E-state index in [0.717, 1.165) is 67.4 Å². The molecule has 4 aromatic rings. The number of fused-ring (bicyclic) bond motifs is 3. The molecule has 1 fully saturated rings. The fourth-order valence-electron chi connectivity index (χ4n) is 4.04. The summed E-state index contributed by atoms with van der Waals surface area (Å²) in [7, 11) is 1.70. The van der Waals surface area contributed by atoms with E-state index in [4.69, 9.17) is 9.72 Å². The van der Waals surface area contributed by atoms with Gasteiger partial charge in [0, 0.05) is 45.0 Å². The molecule has 1 N–H and O–H groups in total. The molecule has 0 spiro atoms. The van der Waals surface area contributed by atoms with Crippen molar-refractivity contribution in [1.82, 2.24) is 29.9 Å². The molecule has 0 saturated carbocycles. The summed E-state index contributed by atoms with van der Waals surface area (Å²) in [6, 6.07) is 14.4. The molecule has 1 aliphatic heterocycles. The van der Waals surface area contributed by atoms with Gasteiger partial charge in [-0.1, -0.05) is 6.07 Å². The van der Waals surface area contributed by atoms with E-state index in [2.05, 4.69) is 61.8 Å². The summed E-state index contributed by atoms with van der Waals surface area (Å²) in [4.78, 5) is 9.64. The van der Waals surface area contributed by atoms with Gasteiger partial charge in [-0.2, -0.15) is 4.52 Å². The third-order valence-electron chi connectivity index (χ3n) is 5.80. The number of methoxy groups -OCH3 is 1. The van der Waals surface area contributed by atoms with E-state index in [1.807, 2.05) is 18.2 Å². The molecule has 31 heavy (non-hydrogen) atoms. The Labute approximate surface area is 180 Å². The summed E-state index contributed by atoms with van der Waals surface area (Å²) in [6.45, 7) is 7.86. The number of anilines is 2. The Morgan fingerprint density at radius 1 is 1.03 bits per heavy atom. The van der Waals surface area contributed by atoms with E-state index >= 15 is 0 Å². The lowest BCUT2D eigenvalue weighted by molar-refractivity contribution is 0.267. The van der Waals surface area contributed by atoms with Gasteiger partial charge in [0.15, 0.2) is 5.82 Å². The van der Waals surface area contributed by atoms with Crippen molar-refractivity contribution in [3.05, 3.63) is 48.0 Å². The van der Waals surface area contributed by atoms with Crippen LogP contribution in [0.5, 0.6) is 5.75 Å². The van der Waals surface area contributed by atoms with E-state index in [1.165, 1.54) is 5.69 Å². The number of hydrogen-bond donors (Lipinski definition) is 1. The van der Waals surface area contributed by atoms with Crippen LogP contribution in [-0.4, -0.2) is 76.3 Å². The quantitative estimate of drug-likeness (QED) is 0.510. The first kappa shape index (κ1) is 19.5. The maximum atomic E-state index is 5.25. The summed E-state index contributed by atoms with van der Waals surface area (Å²) < 4.78 is 7.01. The van der Waals surface area contributed by atoms with Crippen LogP contribution in [-0.2, 0) is 0 Å². The highest BCUT2D eigenvalue weighted by Gasteiger charge is 2.17. The van der Waals surface area contributed by atoms with Gasteiger partial charge in [-0.05, 0) is 59.3 Å². The highest BCUT2D eigenvalue weighted by Crippen LogP contribution is 2.21. The van der Waals surface area contributed by atoms with Gasteiger partial charge in [0.25, 0.3) is 0 Å². The standard InChI is InChI=1S/C22H26N8O/c1-16-3-8-19-20(15-16)30-22(25-26-27-30)21(24-19)23-9-10-28-11-13-29(14-12-28)17-4-6-18(31-2)7-5-17/h3-8,15H,9-14H2,1-2H3,(H,23,24). The fourth-order valence-corrected chi connectivity index (χ4v) is 4.04. The highest BCUT2D eigenvalue weighted by atomic mass is 16.5. The van der Waals surface area contributed by atoms with Gasteiger partial charge >= 0.3 is 0 Å². The highest BCUT2D eigenvalue weighted by molar-refractivity contribution is 5.82. The van der Waals surface area contributed by atoms with E-state index < -0.39 is 0 Å². The Hall–Kier alpha value is -3.46. The van der Waals surface area contributed by atoms with Gasteiger partial charge in [-0.3, -0.25) is 4.90 Å². The molecular formula is C22H26N8O. The number of aryl methyl sites for hydroxylation is 1. The van der Waals surface area contributed by atoms with Crippen molar-refractivity contribution in [3.63, 3.8) is 0 Å². The number of nitrogens with one attached hydrogen (secondary N) is 1. The lowest BCUT2D eigenvalue weighted by atomic mass is 10.2. The van der Waals surface area contributed by atoms with E-state index in [9.17, 15) is 0 Å². The summed E-state index contributed by atoms with van der Waals surface area (Å²) >= 11 is 0. The van der Waals surface area contributed by atoms with Crippen LogP contribution in [0, 0.1) is 6.92 Å². The number of benzene rings is 2. The second-order valence-corrected chi connectivity index (χ2v) is 7.82. The van der Waals surface area contributed by atoms with E-state index in [1.54, 1.807) is 11.6 Å². The molecule has 9 nitrogen and oxygen atoms in total. The molecule has 2 aromatic carbocycles. The van der Waals surface area contributed by atoms with Crippen molar-refractivity contribution in [1.29, 1.82) is 0 Å². The Balaban J connectivity index is 1.19.